The van der Waals surface area contributed by atoms with Crippen LogP contribution in [0.4, 0.5) is 13.2 Å². The van der Waals surface area contributed by atoms with Gasteiger partial charge in [-0.3, -0.25) is 0 Å². The van der Waals surface area contributed by atoms with Crippen LogP contribution in [0.1, 0.15) is 49.4 Å². The molecule has 3 nitrogen and oxygen atoms in total. The first-order chi connectivity index (χ1) is 16.0. The molecule has 3 aromatic carbocycles. The highest BCUT2D eigenvalue weighted by molar-refractivity contribution is 5.90. The molecule has 1 aliphatic carbocycles. The Morgan fingerprint density at radius 3 is 2.12 bits per heavy atom. The van der Waals surface area contributed by atoms with Crippen LogP contribution < -0.4 is 4.74 Å². The third-order valence-corrected chi connectivity index (χ3v) is 5.88. The molecule has 3 aromatic rings. The Hall–Kier alpha value is -3.28. The fraction of sp³-hybridized carbons (Fsp3) is 0.296. The quantitative estimate of drug-likeness (QED) is 0.366. The van der Waals surface area contributed by atoms with Crippen LogP contribution in [0.3, 0.4) is 0 Å². The van der Waals surface area contributed by atoms with E-state index in [4.69, 9.17) is 9.47 Å². The summed E-state index contributed by atoms with van der Waals surface area (Å²) >= 11 is 0. The van der Waals surface area contributed by atoms with Crippen LogP contribution in [0.5, 0.6) is 5.75 Å². The first-order valence-electron chi connectivity index (χ1n) is 11.2. The number of rotatable bonds is 6. The molecule has 0 spiro atoms. The van der Waals surface area contributed by atoms with Gasteiger partial charge >= 0.3 is 5.97 Å². The maximum atomic E-state index is 14.8. The minimum absolute atomic E-state index is 0.0868. The average molecular weight is 454 g/mol. The first kappa shape index (κ1) is 22.9. The Kier molecular flexibility index (Phi) is 7.02. The molecule has 0 bridgehead atoms. The van der Waals surface area contributed by atoms with Gasteiger partial charge in [0.15, 0.2) is 11.6 Å². The number of halogens is 3. The number of carbonyl (C=O) groups excluding carboxylic acids is 1. The lowest BCUT2D eigenvalue weighted by Crippen LogP contribution is -2.21. The van der Waals surface area contributed by atoms with Gasteiger partial charge in [-0.1, -0.05) is 36.8 Å². The predicted molar refractivity (Wildman–Crippen MR) is 121 cm³/mol. The van der Waals surface area contributed by atoms with E-state index in [0.29, 0.717) is 16.7 Å². The van der Waals surface area contributed by atoms with E-state index in [1.807, 2.05) is 0 Å². The molecule has 1 aliphatic rings. The van der Waals surface area contributed by atoms with Crippen LogP contribution in [0.25, 0.3) is 22.3 Å². The summed E-state index contributed by atoms with van der Waals surface area (Å²) in [5.41, 5.74) is 1.56. The van der Waals surface area contributed by atoms with Gasteiger partial charge in [-0.05, 0) is 68.0 Å². The number of benzene rings is 3. The molecule has 0 N–H and O–H groups in total. The first-order valence-corrected chi connectivity index (χ1v) is 11.2. The molecule has 0 saturated heterocycles. The summed E-state index contributed by atoms with van der Waals surface area (Å²) in [5.74, 6) is -3.25. The molecule has 0 atom stereocenters. The molecule has 6 heteroatoms. The number of hydrogen-bond donors (Lipinski definition) is 0. The minimum Gasteiger partial charge on any atom is -0.491 e. The molecule has 1 saturated carbocycles. The second-order valence-corrected chi connectivity index (χ2v) is 8.11. The van der Waals surface area contributed by atoms with Crippen LogP contribution in [-0.2, 0) is 4.74 Å². The van der Waals surface area contributed by atoms with Crippen molar-refractivity contribution in [1.29, 1.82) is 0 Å². The topological polar surface area (TPSA) is 35.5 Å². The summed E-state index contributed by atoms with van der Waals surface area (Å²) in [6.07, 6.45) is 4.81. The Morgan fingerprint density at radius 2 is 1.48 bits per heavy atom. The fourth-order valence-electron chi connectivity index (χ4n) is 4.13. The van der Waals surface area contributed by atoms with Gasteiger partial charge in [0.25, 0.3) is 0 Å². The van der Waals surface area contributed by atoms with Gasteiger partial charge in [0.2, 0.25) is 5.82 Å². The molecular formula is C27H25F3O3. The van der Waals surface area contributed by atoms with E-state index in [0.717, 1.165) is 32.1 Å². The number of ether oxygens (including phenoxy) is 2. The Bertz CT molecular complexity index is 1140. The van der Waals surface area contributed by atoms with Crippen LogP contribution in [0, 0.1) is 17.5 Å². The van der Waals surface area contributed by atoms with Crippen molar-refractivity contribution >= 4 is 5.97 Å². The van der Waals surface area contributed by atoms with E-state index in [9.17, 15) is 18.0 Å². The Labute approximate surface area is 191 Å². The molecule has 0 aromatic heterocycles. The van der Waals surface area contributed by atoms with Gasteiger partial charge in [0, 0.05) is 11.1 Å². The van der Waals surface area contributed by atoms with E-state index in [1.54, 1.807) is 37.3 Å². The lowest BCUT2D eigenvalue weighted by Gasteiger charge is -2.21. The van der Waals surface area contributed by atoms with E-state index < -0.39 is 23.4 Å². The van der Waals surface area contributed by atoms with Gasteiger partial charge in [0.05, 0.1) is 12.2 Å². The number of hydrogen-bond acceptors (Lipinski definition) is 3. The van der Waals surface area contributed by atoms with Crippen LogP contribution in [-0.4, -0.2) is 18.7 Å². The van der Waals surface area contributed by atoms with Crippen molar-refractivity contribution in [2.75, 3.05) is 6.61 Å². The minimum atomic E-state index is -1.04. The standard InChI is InChI=1S/C27H25F3O3/c1-2-32-24-15-14-22(25(29)26(24)30)18-10-8-17(9-11-18)21-13-12-19(16-23(21)28)27(31)33-20-6-4-3-5-7-20/h8-16,20H,2-7H2,1H3. The molecule has 0 heterocycles. The summed E-state index contributed by atoms with van der Waals surface area (Å²) in [6, 6.07) is 13.5. The van der Waals surface area contributed by atoms with E-state index >= 15 is 0 Å². The van der Waals surface area contributed by atoms with Crippen LogP contribution >= 0.6 is 0 Å². The lowest BCUT2D eigenvalue weighted by molar-refractivity contribution is 0.0210. The second kappa shape index (κ2) is 10.1. The average Bonchev–Trinajstić information content (AvgIpc) is 2.83. The van der Waals surface area contributed by atoms with Crippen molar-refractivity contribution in [2.24, 2.45) is 0 Å². The third kappa shape index (κ3) is 5.05. The summed E-state index contributed by atoms with van der Waals surface area (Å²) in [5, 5.41) is 0. The molecule has 33 heavy (non-hydrogen) atoms. The van der Waals surface area contributed by atoms with Gasteiger partial charge in [-0.15, -0.1) is 0 Å². The van der Waals surface area contributed by atoms with Crippen LogP contribution in [0.2, 0.25) is 0 Å². The van der Waals surface area contributed by atoms with E-state index in [2.05, 4.69) is 0 Å². The highest BCUT2D eigenvalue weighted by Gasteiger charge is 2.20. The molecule has 0 radical (unpaired) electrons. The summed E-state index contributed by atoms with van der Waals surface area (Å²) in [7, 11) is 0. The zero-order valence-electron chi connectivity index (χ0n) is 18.4. The van der Waals surface area contributed by atoms with Crippen LogP contribution in [0.15, 0.2) is 54.6 Å². The van der Waals surface area contributed by atoms with Gasteiger partial charge < -0.3 is 9.47 Å². The zero-order chi connectivity index (χ0) is 23.4. The monoisotopic (exact) mass is 454 g/mol. The molecule has 1 fully saturated rings. The van der Waals surface area contributed by atoms with Gasteiger partial charge in [-0.2, -0.15) is 4.39 Å². The maximum Gasteiger partial charge on any atom is 0.338 e. The summed E-state index contributed by atoms with van der Waals surface area (Å²) < 4.78 is 54.1. The maximum absolute atomic E-state index is 14.8. The third-order valence-electron chi connectivity index (χ3n) is 5.88. The van der Waals surface area contributed by atoms with Gasteiger partial charge in [-0.25, -0.2) is 13.6 Å². The summed E-state index contributed by atoms with van der Waals surface area (Å²) in [4.78, 5) is 12.4. The van der Waals surface area contributed by atoms with Crippen molar-refractivity contribution in [1.82, 2.24) is 0 Å². The Balaban J connectivity index is 1.52. The van der Waals surface area contributed by atoms with Crippen molar-refractivity contribution in [3.63, 3.8) is 0 Å². The SMILES string of the molecule is CCOc1ccc(-c2ccc(-c3ccc(C(=O)OC4CCCCC4)cc3F)cc2)c(F)c1F. The smallest absolute Gasteiger partial charge is 0.338 e. The normalized spacial score (nSPS) is 14.2. The Morgan fingerprint density at radius 1 is 0.848 bits per heavy atom. The molecular weight excluding hydrogens is 429 g/mol. The lowest BCUT2D eigenvalue weighted by atomic mass is 9.97. The second-order valence-electron chi connectivity index (χ2n) is 8.11. The largest absolute Gasteiger partial charge is 0.491 e. The predicted octanol–water partition coefficient (Wildman–Crippen LogP) is 7.33. The highest BCUT2D eigenvalue weighted by atomic mass is 19.2. The molecule has 0 unspecified atom stereocenters. The van der Waals surface area contributed by atoms with E-state index in [1.165, 1.54) is 24.3 Å². The highest BCUT2D eigenvalue weighted by Crippen LogP contribution is 2.32. The number of esters is 1. The zero-order valence-corrected chi connectivity index (χ0v) is 18.4. The van der Waals surface area contributed by atoms with Crippen molar-refractivity contribution in [3.05, 3.63) is 77.6 Å². The molecule has 0 aliphatic heterocycles. The van der Waals surface area contributed by atoms with Crippen molar-refractivity contribution in [2.45, 2.75) is 45.1 Å². The molecule has 0 amide bonds. The van der Waals surface area contributed by atoms with Crippen molar-refractivity contribution < 1.29 is 27.4 Å². The summed E-state index contributed by atoms with van der Waals surface area (Å²) in [6.45, 7) is 1.92. The van der Waals surface area contributed by atoms with Gasteiger partial charge in [0.1, 0.15) is 11.9 Å². The molecule has 172 valence electrons. The van der Waals surface area contributed by atoms with Crippen molar-refractivity contribution in [3.8, 4) is 28.0 Å². The van der Waals surface area contributed by atoms with E-state index in [-0.39, 0.29) is 29.6 Å². The molecule has 4 rings (SSSR count). The fourth-order valence-corrected chi connectivity index (χ4v) is 4.13. The number of carbonyl (C=O) groups is 1.